The van der Waals surface area contributed by atoms with Crippen LogP contribution in [0.4, 0.5) is 24.5 Å². The number of halogens is 3. The molecule has 0 aromatic heterocycles. The molecule has 2 amide bonds. The predicted octanol–water partition coefficient (Wildman–Crippen LogP) is 2.38. The molecule has 1 fully saturated rings. The number of nitrogens with one attached hydrogen (secondary N) is 2. The number of carbonyl (C=O) groups is 2. The minimum Gasteiger partial charge on any atom is -0.497 e. The molecule has 1 aliphatic heterocycles. The van der Waals surface area contributed by atoms with E-state index in [4.69, 9.17) is 4.74 Å². The summed E-state index contributed by atoms with van der Waals surface area (Å²) in [5, 5.41) is 4.61. The van der Waals surface area contributed by atoms with Crippen molar-refractivity contribution in [2.24, 2.45) is 0 Å². The van der Waals surface area contributed by atoms with Gasteiger partial charge in [-0.15, -0.1) is 0 Å². The molecule has 1 aliphatic rings. The summed E-state index contributed by atoms with van der Waals surface area (Å²) in [6, 6.07) is 8.92. The summed E-state index contributed by atoms with van der Waals surface area (Å²) in [4.78, 5) is 28.6. The lowest BCUT2D eigenvalue weighted by molar-refractivity contribution is -0.128. The van der Waals surface area contributed by atoms with Crippen LogP contribution in [0.15, 0.2) is 36.4 Å². The molecule has 32 heavy (non-hydrogen) atoms. The molecule has 7 nitrogen and oxygen atoms in total. The monoisotopic (exact) mass is 450 g/mol. The van der Waals surface area contributed by atoms with Crippen molar-refractivity contribution < 1.29 is 27.5 Å². The van der Waals surface area contributed by atoms with E-state index in [0.29, 0.717) is 19.2 Å². The number of nitrogens with zero attached hydrogens (tertiary/aromatic N) is 2. The molecule has 1 saturated heterocycles. The number of ether oxygens (including phenoxy) is 1. The van der Waals surface area contributed by atoms with Crippen LogP contribution in [0, 0.1) is 17.5 Å². The van der Waals surface area contributed by atoms with E-state index in [2.05, 4.69) is 15.5 Å². The molecule has 3 rings (SSSR count). The molecule has 0 aliphatic carbocycles. The number of hydrogen-bond donors (Lipinski definition) is 2. The van der Waals surface area contributed by atoms with Crippen molar-refractivity contribution >= 4 is 23.2 Å². The summed E-state index contributed by atoms with van der Waals surface area (Å²) in [6.07, 6.45) is 0. The number of rotatable bonds is 7. The summed E-state index contributed by atoms with van der Waals surface area (Å²) in [7, 11) is 1.62. The van der Waals surface area contributed by atoms with E-state index in [0.717, 1.165) is 30.6 Å². The minimum absolute atomic E-state index is 0.358. The van der Waals surface area contributed by atoms with E-state index < -0.39 is 41.6 Å². The fraction of sp³-hybridized carbons (Fsp3) is 0.364. The van der Waals surface area contributed by atoms with E-state index in [9.17, 15) is 22.8 Å². The summed E-state index contributed by atoms with van der Waals surface area (Å²) < 4.78 is 45.0. The maximum absolute atomic E-state index is 13.7. The number of benzene rings is 2. The van der Waals surface area contributed by atoms with E-state index in [1.807, 2.05) is 29.2 Å². The van der Waals surface area contributed by atoms with Crippen molar-refractivity contribution in [3.05, 3.63) is 53.8 Å². The Kier molecular flexibility index (Phi) is 7.57. The van der Waals surface area contributed by atoms with Crippen LogP contribution in [-0.4, -0.2) is 62.6 Å². The van der Waals surface area contributed by atoms with Crippen LogP contribution in [0.2, 0.25) is 0 Å². The Morgan fingerprint density at radius 2 is 1.66 bits per heavy atom. The average molecular weight is 450 g/mol. The van der Waals surface area contributed by atoms with Gasteiger partial charge in [0.05, 0.1) is 25.4 Å². The molecule has 2 aromatic rings. The highest BCUT2D eigenvalue weighted by molar-refractivity contribution is 5.95. The quantitative estimate of drug-likeness (QED) is 0.634. The molecule has 2 aromatic carbocycles. The largest absolute Gasteiger partial charge is 0.497 e. The number of carbonyl (C=O) groups excluding carboxylic acids is 2. The lowest BCUT2D eigenvalue weighted by atomic mass is 10.2. The Morgan fingerprint density at radius 1 is 1.00 bits per heavy atom. The van der Waals surface area contributed by atoms with E-state index in [-0.39, 0.29) is 5.91 Å². The van der Waals surface area contributed by atoms with Crippen LogP contribution >= 0.6 is 0 Å². The van der Waals surface area contributed by atoms with Gasteiger partial charge in [0.25, 0.3) is 0 Å². The lowest BCUT2D eigenvalue weighted by Crippen LogP contribution is -2.54. The molecule has 10 heteroatoms. The first-order valence-electron chi connectivity index (χ1n) is 10.1. The SMILES string of the molecule is COc1ccc(N2CCN(C(C)C(=O)NCC(=O)Nc3ccc(F)c(F)c3F)CC2)cc1. The minimum atomic E-state index is -1.67. The third kappa shape index (κ3) is 5.50. The van der Waals surface area contributed by atoms with Gasteiger partial charge in [-0.05, 0) is 43.3 Å². The van der Waals surface area contributed by atoms with Crippen molar-refractivity contribution in [1.29, 1.82) is 0 Å². The molecule has 2 N–H and O–H groups in total. The van der Waals surface area contributed by atoms with Crippen LogP contribution in [-0.2, 0) is 9.59 Å². The van der Waals surface area contributed by atoms with Gasteiger partial charge in [-0.1, -0.05) is 0 Å². The Labute approximate surface area is 184 Å². The number of piperazine rings is 1. The zero-order chi connectivity index (χ0) is 23.3. The average Bonchev–Trinajstić information content (AvgIpc) is 2.82. The van der Waals surface area contributed by atoms with Gasteiger partial charge in [0.1, 0.15) is 5.75 Å². The van der Waals surface area contributed by atoms with Crippen LogP contribution in [0.5, 0.6) is 5.75 Å². The number of hydrogen-bond acceptors (Lipinski definition) is 5. The van der Waals surface area contributed by atoms with Crippen LogP contribution < -0.4 is 20.3 Å². The number of anilines is 2. The maximum Gasteiger partial charge on any atom is 0.243 e. The van der Waals surface area contributed by atoms with Gasteiger partial charge in [-0.25, -0.2) is 13.2 Å². The second-order valence-electron chi connectivity index (χ2n) is 7.39. The van der Waals surface area contributed by atoms with Gasteiger partial charge in [-0.2, -0.15) is 0 Å². The Morgan fingerprint density at radius 3 is 2.28 bits per heavy atom. The molecular formula is C22H25F3N4O3. The molecule has 0 saturated carbocycles. The van der Waals surface area contributed by atoms with E-state index >= 15 is 0 Å². The maximum atomic E-state index is 13.7. The topological polar surface area (TPSA) is 73.9 Å². The fourth-order valence-corrected chi connectivity index (χ4v) is 3.46. The smallest absolute Gasteiger partial charge is 0.243 e. The lowest BCUT2D eigenvalue weighted by Gasteiger charge is -2.38. The van der Waals surface area contributed by atoms with Crippen molar-refractivity contribution in [3.8, 4) is 5.75 Å². The van der Waals surface area contributed by atoms with Gasteiger partial charge in [0.15, 0.2) is 17.5 Å². The van der Waals surface area contributed by atoms with Gasteiger partial charge < -0.3 is 20.3 Å². The highest BCUT2D eigenvalue weighted by Crippen LogP contribution is 2.21. The standard InChI is InChI=1S/C22H25F3N4O3/c1-14(28-9-11-29(12-10-28)15-3-5-16(32-2)6-4-15)22(31)26-13-19(30)27-18-8-7-17(23)20(24)21(18)25/h3-8,14H,9-13H2,1-2H3,(H,26,31)(H,27,30). The van der Waals surface area contributed by atoms with Gasteiger partial charge in [0, 0.05) is 31.9 Å². The highest BCUT2D eigenvalue weighted by Gasteiger charge is 2.26. The summed E-state index contributed by atoms with van der Waals surface area (Å²) >= 11 is 0. The van der Waals surface area contributed by atoms with Crippen molar-refractivity contribution in [1.82, 2.24) is 10.2 Å². The molecule has 0 bridgehead atoms. The molecule has 1 unspecified atom stereocenters. The second kappa shape index (κ2) is 10.4. The van der Waals surface area contributed by atoms with Crippen LogP contribution in [0.1, 0.15) is 6.92 Å². The van der Waals surface area contributed by atoms with Gasteiger partial charge in [-0.3, -0.25) is 14.5 Å². The van der Waals surface area contributed by atoms with Crippen molar-refractivity contribution in [2.45, 2.75) is 13.0 Å². The zero-order valence-corrected chi connectivity index (χ0v) is 17.8. The van der Waals surface area contributed by atoms with E-state index in [1.165, 1.54) is 0 Å². The van der Waals surface area contributed by atoms with E-state index in [1.54, 1.807) is 14.0 Å². The highest BCUT2D eigenvalue weighted by atomic mass is 19.2. The molecule has 0 spiro atoms. The zero-order valence-electron chi connectivity index (χ0n) is 17.8. The van der Waals surface area contributed by atoms with Gasteiger partial charge in [0.2, 0.25) is 11.8 Å². The number of methoxy groups -OCH3 is 1. The molecular weight excluding hydrogens is 425 g/mol. The first-order valence-corrected chi connectivity index (χ1v) is 10.1. The summed E-state index contributed by atoms with van der Waals surface area (Å²) in [5.74, 6) is -4.84. The van der Waals surface area contributed by atoms with Crippen LogP contribution in [0.25, 0.3) is 0 Å². The van der Waals surface area contributed by atoms with Crippen molar-refractivity contribution in [3.63, 3.8) is 0 Å². The fourth-order valence-electron chi connectivity index (χ4n) is 3.46. The third-order valence-electron chi connectivity index (χ3n) is 5.41. The molecule has 0 radical (unpaired) electrons. The second-order valence-corrected chi connectivity index (χ2v) is 7.39. The normalized spacial score (nSPS) is 15.2. The molecule has 172 valence electrons. The van der Waals surface area contributed by atoms with Crippen molar-refractivity contribution in [2.75, 3.05) is 50.1 Å². The Bertz CT molecular complexity index is 964. The Balaban J connectivity index is 1.45. The first-order chi connectivity index (χ1) is 15.3. The summed E-state index contributed by atoms with van der Waals surface area (Å²) in [5.41, 5.74) is 0.578. The summed E-state index contributed by atoms with van der Waals surface area (Å²) in [6.45, 7) is 4.11. The Hall–Kier alpha value is -3.27. The predicted molar refractivity (Wildman–Crippen MR) is 114 cm³/mol. The molecule has 1 atom stereocenters. The third-order valence-corrected chi connectivity index (χ3v) is 5.41. The van der Waals surface area contributed by atoms with Gasteiger partial charge >= 0.3 is 0 Å². The molecule has 1 heterocycles. The first kappa shape index (κ1) is 23.4. The van der Waals surface area contributed by atoms with Crippen LogP contribution in [0.3, 0.4) is 0 Å². The number of amides is 2.